The molecule has 1 aromatic heterocycles. The van der Waals surface area contributed by atoms with Crippen LogP contribution in [0.4, 0.5) is 4.39 Å². The Kier molecular flexibility index (Phi) is 9.88. The van der Waals surface area contributed by atoms with Crippen molar-refractivity contribution in [1.82, 2.24) is 25.1 Å². The van der Waals surface area contributed by atoms with E-state index in [1.165, 1.54) is 5.56 Å². The van der Waals surface area contributed by atoms with Crippen molar-refractivity contribution in [2.45, 2.75) is 45.8 Å². The summed E-state index contributed by atoms with van der Waals surface area (Å²) in [6, 6.07) is 16.3. The molecule has 4 rings (SSSR count). The van der Waals surface area contributed by atoms with Gasteiger partial charge in [0.25, 0.3) is 0 Å². The number of nitrogens with zero attached hydrogens (tertiary/aromatic N) is 4. The molecule has 34 heavy (non-hydrogen) atoms. The summed E-state index contributed by atoms with van der Waals surface area (Å²) in [6.45, 7) is 8.24. The summed E-state index contributed by atoms with van der Waals surface area (Å²) in [5.74, 6) is 1.27. The Bertz CT molecular complexity index is 1060. The van der Waals surface area contributed by atoms with Gasteiger partial charge in [-0.05, 0) is 49.9 Å². The molecular formula is C26H34FIN6. The number of aryl methyl sites for hydroxylation is 1. The molecule has 2 N–H and O–H groups in total. The Morgan fingerprint density at radius 3 is 2.53 bits per heavy atom. The quantitative estimate of drug-likeness (QED) is 0.244. The average molecular weight is 577 g/mol. The molecule has 0 spiro atoms. The van der Waals surface area contributed by atoms with Crippen molar-refractivity contribution in [3.63, 3.8) is 0 Å². The maximum atomic E-state index is 14.7. The monoisotopic (exact) mass is 576 g/mol. The van der Waals surface area contributed by atoms with Crippen LogP contribution in [-0.2, 0) is 13.1 Å². The molecule has 8 heteroatoms. The van der Waals surface area contributed by atoms with E-state index in [1.54, 1.807) is 29.1 Å². The summed E-state index contributed by atoms with van der Waals surface area (Å²) in [5.41, 5.74) is 2.70. The third-order valence-corrected chi connectivity index (χ3v) is 6.04. The molecule has 3 aromatic rings. The predicted molar refractivity (Wildman–Crippen MR) is 146 cm³/mol. The highest BCUT2D eigenvalue weighted by Gasteiger charge is 2.20. The van der Waals surface area contributed by atoms with Crippen LogP contribution in [0.15, 0.2) is 65.9 Å². The first-order valence-electron chi connectivity index (χ1n) is 11.7. The van der Waals surface area contributed by atoms with Gasteiger partial charge in [-0.15, -0.1) is 24.0 Å². The van der Waals surface area contributed by atoms with Gasteiger partial charge < -0.3 is 15.2 Å². The lowest BCUT2D eigenvalue weighted by molar-refractivity contribution is 0.198. The van der Waals surface area contributed by atoms with Crippen LogP contribution in [-0.4, -0.2) is 46.1 Å². The van der Waals surface area contributed by atoms with Gasteiger partial charge >= 0.3 is 0 Å². The Labute approximate surface area is 218 Å². The number of guanidine groups is 1. The van der Waals surface area contributed by atoms with Crippen LogP contribution in [0, 0.1) is 12.7 Å². The van der Waals surface area contributed by atoms with E-state index in [2.05, 4.69) is 57.8 Å². The van der Waals surface area contributed by atoms with Crippen LogP contribution in [0.5, 0.6) is 0 Å². The molecule has 1 aliphatic rings. The van der Waals surface area contributed by atoms with Crippen molar-refractivity contribution < 1.29 is 4.39 Å². The van der Waals surface area contributed by atoms with Crippen molar-refractivity contribution >= 4 is 29.9 Å². The smallest absolute Gasteiger partial charge is 0.191 e. The fraction of sp³-hybridized carbons (Fsp3) is 0.385. The molecule has 0 saturated carbocycles. The molecule has 0 unspecified atom stereocenters. The van der Waals surface area contributed by atoms with Crippen molar-refractivity contribution in [2.24, 2.45) is 4.99 Å². The highest BCUT2D eigenvalue weighted by molar-refractivity contribution is 14.0. The SMILES string of the molecule is CCNC(=NCc1ccc(-n2ccnc2C)c(F)c1)NC1CCN(Cc2ccccc2)CC1.I. The van der Waals surface area contributed by atoms with Crippen molar-refractivity contribution in [3.8, 4) is 5.69 Å². The van der Waals surface area contributed by atoms with Gasteiger partial charge in [-0.3, -0.25) is 4.90 Å². The minimum atomic E-state index is -0.271. The average Bonchev–Trinajstić information content (AvgIpc) is 3.25. The van der Waals surface area contributed by atoms with E-state index in [0.29, 0.717) is 18.3 Å². The predicted octanol–water partition coefficient (Wildman–Crippen LogP) is 4.66. The van der Waals surface area contributed by atoms with Gasteiger partial charge in [0.2, 0.25) is 0 Å². The summed E-state index contributed by atoms with van der Waals surface area (Å²) in [4.78, 5) is 11.4. The van der Waals surface area contributed by atoms with Gasteiger partial charge in [-0.2, -0.15) is 0 Å². The van der Waals surface area contributed by atoms with Crippen molar-refractivity contribution in [3.05, 3.63) is 83.7 Å². The Hall–Kier alpha value is -2.46. The van der Waals surface area contributed by atoms with E-state index in [9.17, 15) is 4.39 Å². The number of hydrogen-bond donors (Lipinski definition) is 2. The molecule has 0 amide bonds. The molecule has 1 aliphatic heterocycles. The third kappa shape index (κ3) is 7.02. The van der Waals surface area contributed by atoms with Gasteiger partial charge in [-0.25, -0.2) is 14.4 Å². The lowest BCUT2D eigenvalue weighted by atomic mass is 10.0. The van der Waals surface area contributed by atoms with Gasteiger partial charge in [0, 0.05) is 44.6 Å². The number of aromatic nitrogens is 2. The van der Waals surface area contributed by atoms with Crippen LogP contribution in [0.1, 0.15) is 36.7 Å². The van der Waals surface area contributed by atoms with E-state index in [4.69, 9.17) is 4.99 Å². The van der Waals surface area contributed by atoms with E-state index < -0.39 is 0 Å². The Balaban J connectivity index is 0.00000324. The topological polar surface area (TPSA) is 57.5 Å². The zero-order valence-electron chi connectivity index (χ0n) is 19.9. The van der Waals surface area contributed by atoms with Crippen LogP contribution in [0.25, 0.3) is 5.69 Å². The van der Waals surface area contributed by atoms with Crippen molar-refractivity contribution in [1.29, 1.82) is 0 Å². The second kappa shape index (κ2) is 12.9. The minimum absolute atomic E-state index is 0. The summed E-state index contributed by atoms with van der Waals surface area (Å²) in [6.07, 6.45) is 5.59. The second-order valence-electron chi connectivity index (χ2n) is 8.51. The highest BCUT2D eigenvalue weighted by Crippen LogP contribution is 2.18. The standard InChI is InChI=1S/C26H33FN6.HI/c1-3-28-26(31-23-11-14-32(15-12-23)19-21-7-5-4-6-8-21)30-18-22-9-10-25(24(27)17-22)33-16-13-29-20(33)2;/h4-10,13,16-17,23H,3,11-12,14-15,18-19H2,1-2H3,(H2,28,30,31);1H. The fourth-order valence-corrected chi connectivity index (χ4v) is 4.24. The van der Waals surface area contributed by atoms with E-state index in [1.807, 2.05) is 13.0 Å². The molecular weight excluding hydrogens is 542 g/mol. The molecule has 0 bridgehead atoms. The summed E-state index contributed by atoms with van der Waals surface area (Å²) in [7, 11) is 0. The van der Waals surface area contributed by atoms with E-state index >= 15 is 0 Å². The Morgan fingerprint density at radius 1 is 1.12 bits per heavy atom. The largest absolute Gasteiger partial charge is 0.357 e. The van der Waals surface area contributed by atoms with E-state index in [-0.39, 0.29) is 29.8 Å². The molecule has 1 saturated heterocycles. The zero-order chi connectivity index (χ0) is 23.0. The zero-order valence-corrected chi connectivity index (χ0v) is 22.2. The maximum Gasteiger partial charge on any atom is 0.191 e. The van der Waals surface area contributed by atoms with Gasteiger partial charge in [-0.1, -0.05) is 36.4 Å². The summed E-state index contributed by atoms with van der Waals surface area (Å²) >= 11 is 0. The van der Waals surface area contributed by atoms with Crippen LogP contribution < -0.4 is 10.6 Å². The Morgan fingerprint density at radius 2 is 1.88 bits per heavy atom. The number of likely N-dealkylation sites (tertiary alicyclic amines) is 1. The molecule has 0 aliphatic carbocycles. The molecule has 2 heterocycles. The first-order valence-corrected chi connectivity index (χ1v) is 11.7. The molecule has 182 valence electrons. The number of halogens is 2. The summed E-state index contributed by atoms with van der Waals surface area (Å²) in [5, 5.41) is 6.90. The van der Waals surface area contributed by atoms with Gasteiger partial charge in [0.05, 0.1) is 12.2 Å². The lowest BCUT2D eigenvalue weighted by Gasteiger charge is -2.33. The molecule has 0 radical (unpaired) electrons. The number of rotatable bonds is 7. The summed E-state index contributed by atoms with van der Waals surface area (Å²) < 4.78 is 16.4. The number of benzene rings is 2. The van der Waals surface area contributed by atoms with E-state index in [0.717, 1.165) is 56.4 Å². The number of aliphatic imine (C=N–C) groups is 1. The van der Waals surface area contributed by atoms with Gasteiger partial charge in [0.15, 0.2) is 5.96 Å². The number of nitrogens with one attached hydrogen (secondary N) is 2. The normalized spacial score (nSPS) is 15.1. The lowest BCUT2D eigenvalue weighted by Crippen LogP contribution is -2.48. The van der Waals surface area contributed by atoms with Crippen LogP contribution in [0.2, 0.25) is 0 Å². The minimum Gasteiger partial charge on any atom is -0.357 e. The van der Waals surface area contributed by atoms with Gasteiger partial charge in [0.1, 0.15) is 11.6 Å². The fourth-order valence-electron chi connectivity index (χ4n) is 4.24. The number of piperidine rings is 1. The first kappa shape index (κ1) is 26.2. The number of imidazole rings is 1. The molecule has 1 fully saturated rings. The second-order valence-corrected chi connectivity index (χ2v) is 8.51. The highest BCUT2D eigenvalue weighted by atomic mass is 127. The van der Waals surface area contributed by atoms with Crippen LogP contribution >= 0.6 is 24.0 Å². The third-order valence-electron chi connectivity index (χ3n) is 6.04. The molecule has 6 nitrogen and oxygen atoms in total. The molecule has 2 aromatic carbocycles. The van der Waals surface area contributed by atoms with Crippen LogP contribution in [0.3, 0.4) is 0 Å². The molecule has 0 atom stereocenters. The number of hydrogen-bond acceptors (Lipinski definition) is 3. The van der Waals surface area contributed by atoms with Crippen molar-refractivity contribution in [2.75, 3.05) is 19.6 Å². The first-order chi connectivity index (χ1) is 16.1. The maximum absolute atomic E-state index is 14.7.